The van der Waals surface area contributed by atoms with Gasteiger partial charge in [-0.3, -0.25) is 9.78 Å². The second kappa shape index (κ2) is 4.42. The van der Waals surface area contributed by atoms with Crippen molar-refractivity contribution in [3.8, 4) is 0 Å². The van der Waals surface area contributed by atoms with Crippen LogP contribution in [0.1, 0.15) is 5.69 Å². The number of halogens is 2. The molecule has 12 heavy (non-hydrogen) atoms. The molecule has 3 nitrogen and oxygen atoms in total. The van der Waals surface area contributed by atoms with Crippen LogP contribution >= 0.6 is 27.5 Å². The molecule has 0 unspecified atom stereocenters. The maximum atomic E-state index is 9.98. The Morgan fingerprint density at radius 1 is 1.75 bits per heavy atom. The Bertz CT molecular complexity index is 293. The van der Waals surface area contributed by atoms with Crippen molar-refractivity contribution in [1.82, 2.24) is 10.3 Å². The highest BCUT2D eigenvalue weighted by Crippen LogP contribution is 2.18. The quantitative estimate of drug-likeness (QED) is 0.829. The molecule has 0 saturated heterocycles. The fraction of sp³-hybridized carbons (Fsp3) is 0.143. The predicted molar refractivity (Wildman–Crippen MR) is 49.9 cm³/mol. The van der Waals surface area contributed by atoms with Gasteiger partial charge in [0.15, 0.2) is 0 Å². The Hall–Kier alpha value is -0.610. The third-order valence-corrected chi connectivity index (χ3v) is 2.13. The van der Waals surface area contributed by atoms with Crippen LogP contribution in [0.3, 0.4) is 0 Å². The Labute approximate surface area is 83.3 Å². The summed E-state index contributed by atoms with van der Waals surface area (Å²) in [5.41, 5.74) is 0.756. The summed E-state index contributed by atoms with van der Waals surface area (Å²) >= 11 is 8.94. The molecule has 0 aliphatic rings. The van der Waals surface area contributed by atoms with Crippen molar-refractivity contribution in [3.63, 3.8) is 0 Å². The Morgan fingerprint density at radius 2 is 2.50 bits per heavy atom. The zero-order chi connectivity index (χ0) is 8.97. The molecular formula is C7H6BrClN2O. The van der Waals surface area contributed by atoms with Crippen LogP contribution in [0.2, 0.25) is 5.02 Å². The monoisotopic (exact) mass is 248 g/mol. The summed E-state index contributed by atoms with van der Waals surface area (Å²) in [6.45, 7) is 0.404. The van der Waals surface area contributed by atoms with E-state index in [1.54, 1.807) is 6.07 Å². The van der Waals surface area contributed by atoms with E-state index in [0.29, 0.717) is 18.0 Å². The molecule has 0 aliphatic heterocycles. The summed E-state index contributed by atoms with van der Waals surface area (Å²) in [6, 6.07) is 1.73. The van der Waals surface area contributed by atoms with Crippen LogP contribution in [-0.2, 0) is 11.3 Å². The number of nitrogens with one attached hydrogen (secondary N) is 1. The highest BCUT2D eigenvalue weighted by molar-refractivity contribution is 9.10. The lowest BCUT2D eigenvalue weighted by atomic mass is 10.3. The highest BCUT2D eigenvalue weighted by atomic mass is 79.9. The number of nitrogens with zero attached hydrogens (tertiary/aromatic N) is 1. The minimum atomic E-state index is 0.404. The first-order valence-electron chi connectivity index (χ1n) is 3.21. The summed E-state index contributed by atoms with van der Waals surface area (Å²) in [6.07, 6.45) is 2.16. The molecule has 1 rings (SSSR count). The molecule has 1 aromatic heterocycles. The molecule has 0 radical (unpaired) electrons. The van der Waals surface area contributed by atoms with Crippen molar-refractivity contribution >= 4 is 33.9 Å². The van der Waals surface area contributed by atoms with E-state index in [1.807, 2.05) is 0 Å². The fourth-order valence-corrected chi connectivity index (χ4v) is 1.49. The van der Waals surface area contributed by atoms with Crippen molar-refractivity contribution in [1.29, 1.82) is 0 Å². The normalized spacial score (nSPS) is 9.50. The average Bonchev–Trinajstić information content (AvgIpc) is 2.03. The molecule has 0 aromatic carbocycles. The van der Waals surface area contributed by atoms with E-state index in [2.05, 4.69) is 26.2 Å². The second-order valence-corrected chi connectivity index (χ2v) is 3.37. The van der Waals surface area contributed by atoms with Crippen LogP contribution < -0.4 is 5.32 Å². The molecular weight excluding hydrogens is 243 g/mol. The van der Waals surface area contributed by atoms with Crippen LogP contribution in [-0.4, -0.2) is 11.4 Å². The lowest BCUT2D eigenvalue weighted by Crippen LogP contribution is -2.11. The van der Waals surface area contributed by atoms with E-state index < -0.39 is 0 Å². The van der Waals surface area contributed by atoms with Gasteiger partial charge in [0.2, 0.25) is 6.41 Å². The van der Waals surface area contributed by atoms with Crippen LogP contribution in [0, 0.1) is 0 Å². The number of hydrogen-bond donors (Lipinski definition) is 1. The second-order valence-electron chi connectivity index (χ2n) is 2.08. The van der Waals surface area contributed by atoms with Crippen LogP contribution in [0.25, 0.3) is 0 Å². The summed E-state index contributed by atoms with van der Waals surface area (Å²) in [5, 5.41) is 3.08. The standard InChI is InChI=1S/C7H6BrClN2O/c8-6-1-5(9)2-11-7(6)3-10-4-12/h1-2,4H,3H2,(H,10,12). The number of carbonyl (C=O) groups is 1. The van der Waals surface area contributed by atoms with Crippen molar-refractivity contribution in [3.05, 3.63) is 27.5 Å². The van der Waals surface area contributed by atoms with E-state index in [-0.39, 0.29) is 0 Å². The number of carbonyl (C=O) groups excluding carboxylic acids is 1. The van der Waals surface area contributed by atoms with Gasteiger partial charge in [-0.15, -0.1) is 0 Å². The molecule has 0 aliphatic carbocycles. The minimum absolute atomic E-state index is 0.404. The van der Waals surface area contributed by atoms with E-state index >= 15 is 0 Å². The zero-order valence-electron chi connectivity index (χ0n) is 6.05. The van der Waals surface area contributed by atoms with Crippen LogP contribution in [0.5, 0.6) is 0 Å². The number of aromatic nitrogens is 1. The fourth-order valence-electron chi connectivity index (χ4n) is 0.711. The number of rotatable bonds is 3. The first-order valence-corrected chi connectivity index (χ1v) is 4.38. The third-order valence-electron chi connectivity index (χ3n) is 1.24. The summed E-state index contributed by atoms with van der Waals surface area (Å²) in [5.74, 6) is 0. The average molecular weight is 249 g/mol. The minimum Gasteiger partial charge on any atom is -0.353 e. The summed E-state index contributed by atoms with van der Waals surface area (Å²) in [7, 11) is 0. The third kappa shape index (κ3) is 2.46. The van der Waals surface area contributed by atoms with Gasteiger partial charge in [-0.25, -0.2) is 0 Å². The summed E-state index contributed by atoms with van der Waals surface area (Å²) in [4.78, 5) is 14.0. The zero-order valence-corrected chi connectivity index (χ0v) is 8.39. The Balaban J connectivity index is 2.78. The first-order chi connectivity index (χ1) is 5.74. The largest absolute Gasteiger partial charge is 0.353 e. The topological polar surface area (TPSA) is 42.0 Å². The summed E-state index contributed by atoms with van der Waals surface area (Å²) < 4.78 is 0.796. The molecule has 5 heteroatoms. The first kappa shape index (κ1) is 9.48. The van der Waals surface area contributed by atoms with Gasteiger partial charge < -0.3 is 5.32 Å². The molecule has 1 amide bonds. The maximum absolute atomic E-state index is 9.98. The van der Waals surface area contributed by atoms with Gasteiger partial charge in [0.25, 0.3) is 0 Å². The maximum Gasteiger partial charge on any atom is 0.207 e. The van der Waals surface area contributed by atoms with Gasteiger partial charge >= 0.3 is 0 Å². The molecule has 0 atom stereocenters. The molecule has 1 aromatic rings. The Kier molecular flexibility index (Phi) is 3.49. The Morgan fingerprint density at radius 3 is 3.08 bits per heavy atom. The van der Waals surface area contributed by atoms with Crippen LogP contribution in [0.4, 0.5) is 0 Å². The lowest BCUT2D eigenvalue weighted by molar-refractivity contribution is -0.109. The predicted octanol–water partition coefficient (Wildman–Crippen LogP) is 1.74. The van der Waals surface area contributed by atoms with E-state index in [1.165, 1.54) is 6.20 Å². The smallest absolute Gasteiger partial charge is 0.207 e. The van der Waals surface area contributed by atoms with Crippen molar-refractivity contribution in [2.45, 2.75) is 6.54 Å². The molecule has 0 bridgehead atoms. The van der Waals surface area contributed by atoms with Gasteiger partial charge in [-0.2, -0.15) is 0 Å². The van der Waals surface area contributed by atoms with Crippen LogP contribution in [0.15, 0.2) is 16.7 Å². The molecule has 1 heterocycles. The van der Waals surface area contributed by atoms with Gasteiger partial charge in [0.1, 0.15) is 0 Å². The van der Waals surface area contributed by atoms with Crippen molar-refractivity contribution in [2.75, 3.05) is 0 Å². The van der Waals surface area contributed by atoms with Gasteiger partial charge in [-0.05, 0) is 22.0 Å². The molecule has 0 saturated carbocycles. The number of amides is 1. The van der Waals surface area contributed by atoms with Gasteiger partial charge in [0.05, 0.1) is 17.3 Å². The molecule has 0 spiro atoms. The van der Waals surface area contributed by atoms with Crippen molar-refractivity contribution < 1.29 is 4.79 Å². The van der Waals surface area contributed by atoms with E-state index in [9.17, 15) is 4.79 Å². The number of hydrogen-bond acceptors (Lipinski definition) is 2. The van der Waals surface area contributed by atoms with E-state index in [4.69, 9.17) is 11.6 Å². The lowest BCUT2D eigenvalue weighted by Gasteiger charge is -2.01. The number of pyridine rings is 1. The molecule has 1 N–H and O–H groups in total. The van der Waals surface area contributed by atoms with Gasteiger partial charge in [-0.1, -0.05) is 11.6 Å². The van der Waals surface area contributed by atoms with E-state index in [0.717, 1.165) is 10.2 Å². The highest BCUT2D eigenvalue weighted by Gasteiger charge is 2.00. The SMILES string of the molecule is O=CNCc1ncc(Cl)cc1Br. The molecule has 0 fully saturated rings. The molecule has 64 valence electrons. The van der Waals surface area contributed by atoms with Crippen molar-refractivity contribution in [2.24, 2.45) is 0 Å². The van der Waals surface area contributed by atoms with Gasteiger partial charge in [0, 0.05) is 10.7 Å².